The van der Waals surface area contributed by atoms with Crippen LogP contribution in [0, 0.1) is 0 Å². The molecule has 0 aliphatic carbocycles. The molecule has 0 amide bonds. The molecule has 1 unspecified atom stereocenters. The van der Waals surface area contributed by atoms with E-state index in [1.54, 1.807) is 6.07 Å². The van der Waals surface area contributed by atoms with Crippen LogP contribution < -0.4 is 14.8 Å². The van der Waals surface area contributed by atoms with E-state index in [0.29, 0.717) is 19.3 Å². The first-order valence-electron chi connectivity index (χ1n) is 6.25. The molecule has 1 saturated heterocycles. The van der Waals surface area contributed by atoms with Gasteiger partial charge in [0.15, 0.2) is 0 Å². The fourth-order valence-corrected chi connectivity index (χ4v) is 3.52. The molecular formula is C12H17N3O4S. The van der Waals surface area contributed by atoms with Crippen molar-refractivity contribution in [1.82, 2.24) is 4.72 Å². The third-order valence-electron chi connectivity index (χ3n) is 3.10. The van der Waals surface area contributed by atoms with E-state index in [0.717, 1.165) is 16.3 Å². The molecule has 0 spiro atoms. The minimum atomic E-state index is -3.78. The lowest BCUT2D eigenvalue weighted by atomic mass is 10.1. The summed E-state index contributed by atoms with van der Waals surface area (Å²) in [5.74, 6) is -0.128. The van der Waals surface area contributed by atoms with Gasteiger partial charge in [0, 0.05) is 0 Å². The Bertz CT molecular complexity index is 603. The number of rotatable bonds is 5. The van der Waals surface area contributed by atoms with Gasteiger partial charge in [0.25, 0.3) is 0 Å². The minimum absolute atomic E-state index is 0.0262. The lowest BCUT2D eigenvalue weighted by Gasteiger charge is -2.17. The SMILES string of the molecule is NCCCc1ccc(N2CC(C=O)NS2(=O)=O)c(O)c1. The summed E-state index contributed by atoms with van der Waals surface area (Å²) < 4.78 is 26.9. The zero-order valence-corrected chi connectivity index (χ0v) is 11.6. The zero-order valence-electron chi connectivity index (χ0n) is 10.8. The number of nitrogens with two attached hydrogens (primary N) is 1. The quantitative estimate of drug-likeness (QED) is 0.635. The number of aromatic hydroxyl groups is 1. The van der Waals surface area contributed by atoms with E-state index in [4.69, 9.17) is 5.73 Å². The van der Waals surface area contributed by atoms with E-state index in [1.807, 2.05) is 0 Å². The Morgan fingerprint density at radius 1 is 1.50 bits per heavy atom. The summed E-state index contributed by atoms with van der Waals surface area (Å²) in [7, 11) is -3.78. The highest BCUT2D eigenvalue weighted by molar-refractivity contribution is 7.91. The van der Waals surface area contributed by atoms with Gasteiger partial charge >= 0.3 is 10.2 Å². The van der Waals surface area contributed by atoms with Crippen LogP contribution in [0.15, 0.2) is 18.2 Å². The van der Waals surface area contributed by atoms with Crippen LogP contribution in [-0.2, 0) is 21.4 Å². The van der Waals surface area contributed by atoms with Crippen LogP contribution in [0.1, 0.15) is 12.0 Å². The van der Waals surface area contributed by atoms with Gasteiger partial charge in [-0.2, -0.15) is 13.1 Å². The average Bonchev–Trinajstić information content (AvgIpc) is 2.71. The van der Waals surface area contributed by atoms with Crippen molar-refractivity contribution < 1.29 is 18.3 Å². The number of phenols is 1. The standard InChI is InChI=1S/C12H17N3O4S/c13-5-1-2-9-3-4-11(12(17)6-9)15-7-10(8-16)14-20(15,18)19/h3-4,6,8,10,14,17H,1-2,5,7,13H2. The number of hydrogen-bond donors (Lipinski definition) is 3. The molecule has 1 aliphatic heterocycles. The van der Waals surface area contributed by atoms with Crippen molar-refractivity contribution >= 4 is 22.2 Å². The smallest absolute Gasteiger partial charge is 0.302 e. The molecule has 1 aromatic rings. The zero-order chi connectivity index (χ0) is 14.8. The van der Waals surface area contributed by atoms with E-state index in [2.05, 4.69) is 4.72 Å². The van der Waals surface area contributed by atoms with Crippen LogP contribution >= 0.6 is 0 Å². The molecular weight excluding hydrogens is 282 g/mol. The van der Waals surface area contributed by atoms with Crippen LogP contribution in [0.25, 0.3) is 0 Å². The molecule has 1 heterocycles. The number of aldehydes is 1. The Hall–Kier alpha value is -1.64. The van der Waals surface area contributed by atoms with Crippen molar-refractivity contribution in [3.63, 3.8) is 0 Å². The molecule has 0 bridgehead atoms. The van der Waals surface area contributed by atoms with Crippen molar-refractivity contribution in [2.24, 2.45) is 5.73 Å². The van der Waals surface area contributed by atoms with Crippen LogP contribution in [0.2, 0.25) is 0 Å². The average molecular weight is 299 g/mol. The summed E-state index contributed by atoms with van der Waals surface area (Å²) in [6.07, 6.45) is 2.03. The van der Waals surface area contributed by atoms with Gasteiger partial charge in [0.1, 0.15) is 12.0 Å². The molecule has 1 aromatic carbocycles. The summed E-state index contributed by atoms with van der Waals surface area (Å²) in [4.78, 5) is 10.7. The predicted octanol–water partition coefficient (Wildman–Crippen LogP) is -0.495. The van der Waals surface area contributed by atoms with Gasteiger partial charge in [-0.05, 0) is 37.1 Å². The third-order valence-corrected chi connectivity index (χ3v) is 4.62. The molecule has 1 fully saturated rings. The second-order valence-electron chi connectivity index (χ2n) is 4.61. The molecule has 7 nitrogen and oxygen atoms in total. The second-order valence-corrected chi connectivity index (χ2v) is 6.24. The fraction of sp³-hybridized carbons (Fsp3) is 0.417. The molecule has 8 heteroatoms. The van der Waals surface area contributed by atoms with E-state index in [9.17, 15) is 18.3 Å². The Kier molecular flexibility index (Phi) is 4.26. The van der Waals surface area contributed by atoms with Crippen LogP contribution in [0.5, 0.6) is 5.75 Å². The fourth-order valence-electron chi connectivity index (χ4n) is 2.11. The number of nitrogens with one attached hydrogen (secondary N) is 1. The van der Waals surface area contributed by atoms with Crippen molar-refractivity contribution in [1.29, 1.82) is 0 Å². The van der Waals surface area contributed by atoms with Crippen molar-refractivity contribution in [3.8, 4) is 5.75 Å². The number of hydrogen-bond acceptors (Lipinski definition) is 5. The largest absolute Gasteiger partial charge is 0.506 e. The van der Waals surface area contributed by atoms with Gasteiger partial charge in [0.2, 0.25) is 0 Å². The minimum Gasteiger partial charge on any atom is -0.506 e. The molecule has 110 valence electrons. The summed E-state index contributed by atoms with van der Waals surface area (Å²) in [6.45, 7) is 0.523. The normalized spacial score (nSPS) is 21.1. The molecule has 1 aliphatic rings. The summed E-state index contributed by atoms with van der Waals surface area (Å²) in [6, 6.07) is 4.01. The predicted molar refractivity (Wildman–Crippen MR) is 74.7 cm³/mol. The van der Waals surface area contributed by atoms with Crippen LogP contribution in [0.3, 0.4) is 0 Å². The lowest BCUT2D eigenvalue weighted by Crippen LogP contribution is -2.30. The number of aryl methyl sites for hydroxylation is 1. The number of benzene rings is 1. The second kappa shape index (κ2) is 5.78. The molecule has 4 N–H and O–H groups in total. The Labute approximate surface area is 117 Å². The monoisotopic (exact) mass is 299 g/mol. The molecule has 0 radical (unpaired) electrons. The first-order valence-corrected chi connectivity index (χ1v) is 7.69. The van der Waals surface area contributed by atoms with Crippen molar-refractivity contribution in [3.05, 3.63) is 23.8 Å². The van der Waals surface area contributed by atoms with Gasteiger partial charge in [-0.3, -0.25) is 4.31 Å². The molecule has 0 saturated carbocycles. The maximum atomic E-state index is 11.9. The van der Waals surface area contributed by atoms with E-state index < -0.39 is 16.3 Å². The summed E-state index contributed by atoms with van der Waals surface area (Å²) >= 11 is 0. The van der Waals surface area contributed by atoms with Gasteiger partial charge < -0.3 is 15.6 Å². The summed E-state index contributed by atoms with van der Waals surface area (Å²) in [5, 5.41) is 9.99. The number of phenolic OH excluding ortho intramolecular Hbond substituents is 1. The maximum absolute atomic E-state index is 11.9. The van der Waals surface area contributed by atoms with Crippen molar-refractivity contribution in [2.45, 2.75) is 18.9 Å². The Balaban J connectivity index is 2.27. The van der Waals surface area contributed by atoms with E-state index in [1.165, 1.54) is 12.1 Å². The van der Waals surface area contributed by atoms with Gasteiger partial charge in [0.05, 0.1) is 18.3 Å². The summed E-state index contributed by atoms with van der Waals surface area (Å²) in [5.41, 5.74) is 6.47. The molecule has 0 aromatic heterocycles. The highest BCUT2D eigenvalue weighted by Crippen LogP contribution is 2.32. The highest BCUT2D eigenvalue weighted by atomic mass is 32.2. The Morgan fingerprint density at radius 3 is 2.80 bits per heavy atom. The van der Waals surface area contributed by atoms with Gasteiger partial charge in [-0.15, -0.1) is 0 Å². The maximum Gasteiger partial charge on any atom is 0.302 e. The van der Waals surface area contributed by atoms with E-state index >= 15 is 0 Å². The van der Waals surface area contributed by atoms with Gasteiger partial charge in [-0.25, -0.2) is 0 Å². The Morgan fingerprint density at radius 2 is 2.25 bits per heavy atom. The lowest BCUT2D eigenvalue weighted by molar-refractivity contribution is -0.108. The number of carbonyl (C=O) groups excluding carboxylic acids is 1. The highest BCUT2D eigenvalue weighted by Gasteiger charge is 2.36. The number of carbonyl (C=O) groups is 1. The van der Waals surface area contributed by atoms with Crippen LogP contribution in [-0.4, -0.2) is 38.9 Å². The van der Waals surface area contributed by atoms with Crippen LogP contribution in [0.4, 0.5) is 5.69 Å². The topological polar surface area (TPSA) is 113 Å². The number of nitrogens with zero attached hydrogens (tertiary/aromatic N) is 1. The van der Waals surface area contributed by atoms with E-state index in [-0.39, 0.29) is 18.0 Å². The first-order chi connectivity index (χ1) is 9.47. The molecule has 20 heavy (non-hydrogen) atoms. The van der Waals surface area contributed by atoms with Gasteiger partial charge in [-0.1, -0.05) is 6.07 Å². The molecule has 1 atom stereocenters. The molecule has 2 rings (SSSR count). The first kappa shape index (κ1) is 14.8. The third kappa shape index (κ3) is 2.92. The van der Waals surface area contributed by atoms with Crippen molar-refractivity contribution in [2.75, 3.05) is 17.4 Å². The number of anilines is 1.